The Labute approximate surface area is 150 Å². The van der Waals surface area contributed by atoms with Gasteiger partial charge in [-0.15, -0.1) is 0 Å². The molecule has 0 aromatic rings. The van der Waals surface area contributed by atoms with Crippen LogP contribution in [0.3, 0.4) is 0 Å². The van der Waals surface area contributed by atoms with Gasteiger partial charge in [0.1, 0.15) is 0 Å². The summed E-state index contributed by atoms with van der Waals surface area (Å²) in [6.07, 6.45) is 14.3. The Hall–Kier alpha value is 0.530. The maximum Gasteiger partial charge on any atom is 0.327 e. The molecule has 0 fully saturated rings. The predicted octanol–water partition coefficient (Wildman–Crippen LogP) is 7.00. The highest BCUT2D eigenvalue weighted by Crippen LogP contribution is 2.50. The minimum Gasteiger partial charge on any atom is -0.309 e. The Morgan fingerprint density at radius 3 is 1.26 bits per heavy atom. The van der Waals surface area contributed by atoms with Crippen LogP contribution >= 0.6 is 6.72 Å². The molecule has 0 heterocycles. The van der Waals surface area contributed by atoms with Crippen LogP contribution in [0.5, 0.6) is 0 Å². The van der Waals surface area contributed by atoms with Crippen molar-refractivity contribution in [3.8, 4) is 0 Å². The molecule has 0 unspecified atom stereocenters. The Bertz CT molecular complexity index is 271. The van der Waals surface area contributed by atoms with Crippen LogP contribution < -0.4 is 0 Å². The molecule has 0 spiro atoms. The molecule has 0 atom stereocenters. The van der Waals surface area contributed by atoms with Gasteiger partial charge in [-0.2, -0.15) is 0 Å². The lowest BCUT2D eigenvalue weighted by atomic mass is 10.1. The Kier molecular flexibility index (Phi) is 17.8. The molecule has 0 bridgehead atoms. The lowest BCUT2D eigenvalue weighted by molar-refractivity contribution is 0.151. The molecule has 140 valence electrons. The van der Waals surface area contributed by atoms with Gasteiger partial charge in [0, 0.05) is 0 Å². The average molecular weight is 367 g/mol. The van der Waals surface area contributed by atoms with E-state index >= 15 is 0 Å². The second-order valence-corrected chi connectivity index (χ2v) is 9.14. The van der Waals surface area contributed by atoms with Gasteiger partial charge in [-0.25, -0.2) is 0 Å². The summed E-state index contributed by atoms with van der Waals surface area (Å²) in [6, 6.07) is 0. The number of unbranched alkanes of at least 4 members (excludes halogenated alkanes) is 9. The quantitative estimate of drug-likeness (QED) is 0.193. The monoisotopic (exact) mass is 366 g/mol. The molecule has 0 aromatic carbocycles. The fourth-order valence-corrected chi connectivity index (χ4v) is 4.18. The summed E-state index contributed by atoms with van der Waals surface area (Å²) < 4.78 is 17.6. The van der Waals surface area contributed by atoms with Gasteiger partial charge >= 0.3 is 6.72 Å². The van der Waals surface area contributed by atoms with E-state index in [2.05, 4.69) is 20.8 Å². The van der Waals surface area contributed by atoms with E-state index in [0.29, 0.717) is 19.8 Å². The first kappa shape index (κ1) is 23.5. The summed E-state index contributed by atoms with van der Waals surface area (Å²) in [4.78, 5) is 0. The number of rotatable bonds is 18. The molecule has 0 aromatic heterocycles. The molecular weight excluding hydrogens is 327 g/mol. The maximum absolute atomic E-state index is 5.88. The fraction of sp³-hybridized carbons (Fsp3) is 1.00. The number of hydrogen-bond acceptors (Lipinski definition) is 4. The molecule has 0 N–H and O–H groups in total. The first-order valence-electron chi connectivity index (χ1n) is 9.72. The molecule has 0 amide bonds. The molecule has 0 saturated heterocycles. The predicted molar refractivity (Wildman–Crippen MR) is 105 cm³/mol. The van der Waals surface area contributed by atoms with Crippen molar-refractivity contribution in [3.63, 3.8) is 0 Å². The topological polar surface area (TPSA) is 27.7 Å². The van der Waals surface area contributed by atoms with Crippen LogP contribution in [0.15, 0.2) is 0 Å². The highest BCUT2D eigenvalue weighted by atomic mass is 32.5. The van der Waals surface area contributed by atoms with Crippen LogP contribution in [0.25, 0.3) is 0 Å². The van der Waals surface area contributed by atoms with Crippen molar-refractivity contribution in [2.45, 2.75) is 97.8 Å². The van der Waals surface area contributed by atoms with E-state index in [-0.39, 0.29) is 0 Å². The SMILES string of the molecule is CCCCCCCCOP(=S)(OCCCCC)OCCCCC. The van der Waals surface area contributed by atoms with Gasteiger partial charge in [0.25, 0.3) is 0 Å². The molecule has 0 aliphatic carbocycles. The van der Waals surface area contributed by atoms with Gasteiger partial charge in [0.2, 0.25) is 0 Å². The maximum atomic E-state index is 5.88. The number of hydrogen-bond donors (Lipinski definition) is 0. The van der Waals surface area contributed by atoms with Gasteiger partial charge in [-0.3, -0.25) is 0 Å². The van der Waals surface area contributed by atoms with Crippen molar-refractivity contribution >= 4 is 18.5 Å². The van der Waals surface area contributed by atoms with E-state index in [1.165, 1.54) is 57.8 Å². The summed E-state index contributed by atoms with van der Waals surface area (Å²) in [5.41, 5.74) is 0. The Morgan fingerprint density at radius 1 is 0.522 bits per heavy atom. The third-order valence-corrected chi connectivity index (χ3v) is 6.19. The summed E-state index contributed by atoms with van der Waals surface area (Å²) in [5.74, 6) is 0. The largest absolute Gasteiger partial charge is 0.327 e. The Balaban J connectivity index is 3.96. The second kappa shape index (κ2) is 17.4. The van der Waals surface area contributed by atoms with Gasteiger partial charge in [0.05, 0.1) is 19.8 Å². The van der Waals surface area contributed by atoms with Crippen molar-refractivity contribution in [2.75, 3.05) is 19.8 Å². The van der Waals surface area contributed by atoms with Crippen molar-refractivity contribution in [1.82, 2.24) is 0 Å². The molecule has 0 rings (SSSR count). The minimum atomic E-state index is -2.53. The van der Waals surface area contributed by atoms with E-state index in [9.17, 15) is 0 Å². The third kappa shape index (κ3) is 15.8. The van der Waals surface area contributed by atoms with E-state index < -0.39 is 6.72 Å². The molecule has 23 heavy (non-hydrogen) atoms. The zero-order valence-corrected chi connectivity index (χ0v) is 17.4. The van der Waals surface area contributed by atoms with Gasteiger partial charge in [-0.1, -0.05) is 78.6 Å². The minimum absolute atomic E-state index is 0.662. The van der Waals surface area contributed by atoms with Crippen molar-refractivity contribution < 1.29 is 13.6 Å². The molecule has 0 radical (unpaired) electrons. The van der Waals surface area contributed by atoms with Crippen LogP contribution in [0.1, 0.15) is 97.8 Å². The first-order chi connectivity index (χ1) is 11.2. The summed E-state index contributed by atoms with van der Waals surface area (Å²) in [6.45, 7) is 6.08. The van der Waals surface area contributed by atoms with Crippen LogP contribution in [-0.4, -0.2) is 19.8 Å². The highest BCUT2D eigenvalue weighted by molar-refractivity contribution is 8.07. The molecular formula is C18H39O3PS. The summed E-state index contributed by atoms with van der Waals surface area (Å²) >= 11 is 5.57. The van der Waals surface area contributed by atoms with E-state index in [1.807, 2.05) is 0 Å². The molecule has 0 saturated carbocycles. The standard InChI is InChI=1S/C18H39O3PS/c1-4-7-10-11-12-15-18-21-22(23,19-16-13-8-5-2)20-17-14-9-6-3/h4-18H2,1-3H3. The molecule has 3 nitrogen and oxygen atoms in total. The summed E-state index contributed by atoms with van der Waals surface area (Å²) in [5, 5.41) is 0. The zero-order chi connectivity index (χ0) is 17.2. The van der Waals surface area contributed by atoms with Crippen LogP contribution in [0.4, 0.5) is 0 Å². The van der Waals surface area contributed by atoms with E-state index in [1.54, 1.807) is 0 Å². The van der Waals surface area contributed by atoms with Gasteiger partial charge in [-0.05, 0) is 31.1 Å². The lowest BCUT2D eigenvalue weighted by Gasteiger charge is -2.22. The molecule has 0 aliphatic heterocycles. The Morgan fingerprint density at radius 2 is 0.826 bits per heavy atom. The van der Waals surface area contributed by atoms with Crippen LogP contribution in [0, 0.1) is 0 Å². The van der Waals surface area contributed by atoms with Crippen molar-refractivity contribution in [3.05, 3.63) is 0 Å². The van der Waals surface area contributed by atoms with Gasteiger partial charge in [0.15, 0.2) is 0 Å². The molecule has 5 heteroatoms. The summed E-state index contributed by atoms with van der Waals surface area (Å²) in [7, 11) is 0. The van der Waals surface area contributed by atoms with Crippen molar-refractivity contribution in [2.24, 2.45) is 0 Å². The lowest BCUT2D eigenvalue weighted by Crippen LogP contribution is -2.04. The first-order valence-corrected chi connectivity index (χ1v) is 12.3. The molecule has 0 aliphatic rings. The fourth-order valence-electron chi connectivity index (χ4n) is 2.23. The van der Waals surface area contributed by atoms with E-state index in [4.69, 9.17) is 25.4 Å². The van der Waals surface area contributed by atoms with Gasteiger partial charge < -0.3 is 13.6 Å². The zero-order valence-electron chi connectivity index (χ0n) is 15.7. The second-order valence-electron chi connectivity index (χ2n) is 6.13. The van der Waals surface area contributed by atoms with Crippen molar-refractivity contribution in [1.29, 1.82) is 0 Å². The van der Waals surface area contributed by atoms with Crippen LogP contribution in [0.2, 0.25) is 0 Å². The van der Waals surface area contributed by atoms with E-state index in [0.717, 1.165) is 19.3 Å². The average Bonchev–Trinajstić information content (AvgIpc) is 2.55. The highest BCUT2D eigenvalue weighted by Gasteiger charge is 2.20. The third-order valence-electron chi connectivity index (χ3n) is 3.74. The smallest absolute Gasteiger partial charge is 0.309 e. The normalized spacial score (nSPS) is 12.0. The van der Waals surface area contributed by atoms with Crippen LogP contribution in [-0.2, 0) is 25.4 Å².